The number of thioether (sulfide) groups is 1. The summed E-state index contributed by atoms with van der Waals surface area (Å²) in [5.41, 5.74) is -3.62. The van der Waals surface area contributed by atoms with Crippen LogP contribution in [0.3, 0.4) is 0 Å². The molecule has 0 aromatic heterocycles. The molecule has 1 heterocycles. The van der Waals surface area contributed by atoms with Gasteiger partial charge in [0.2, 0.25) is 0 Å². The van der Waals surface area contributed by atoms with E-state index in [-0.39, 0.29) is 22.7 Å². The van der Waals surface area contributed by atoms with E-state index in [9.17, 15) is 18.3 Å². The van der Waals surface area contributed by atoms with Gasteiger partial charge >= 0.3 is 5.51 Å². The average molecular weight is 277 g/mol. The van der Waals surface area contributed by atoms with Gasteiger partial charge in [0.25, 0.3) is 0 Å². The van der Waals surface area contributed by atoms with Crippen molar-refractivity contribution in [2.75, 3.05) is 6.54 Å². The molecule has 2 atom stereocenters. The van der Waals surface area contributed by atoms with Crippen LogP contribution in [0.25, 0.3) is 0 Å². The minimum absolute atomic E-state index is 0.00567. The summed E-state index contributed by atoms with van der Waals surface area (Å²) in [7, 11) is 0. The highest BCUT2D eigenvalue weighted by Crippen LogP contribution is 2.37. The van der Waals surface area contributed by atoms with Crippen molar-refractivity contribution in [3.63, 3.8) is 0 Å². The highest BCUT2D eigenvalue weighted by atomic mass is 32.2. The zero-order valence-electron chi connectivity index (χ0n) is 9.57. The SMILES string of the molecule is OC(c1ccc(SC(F)(F)F)cc1)C1CCCN1. The monoisotopic (exact) mass is 277 g/mol. The molecule has 1 aliphatic rings. The fourth-order valence-electron chi connectivity index (χ4n) is 2.08. The molecular formula is C12H14F3NOS. The van der Waals surface area contributed by atoms with E-state index in [1.807, 2.05) is 0 Å². The normalized spacial score (nSPS) is 22.1. The van der Waals surface area contributed by atoms with Crippen molar-refractivity contribution in [2.24, 2.45) is 0 Å². The molecule has 2 N–H and O–H groups in total. The molecule has 1 fully saturated rings. The van der Waals surface area contributed by atoms with Gasteiger partial charge in [-0.05, 0) is 48.8 Å². The van der Waals surface area contributed by atoms with Gasteiger partial charge in [0.05, 0.1) is 6.10 Å². The first kappa shape index (κ1) is 13.7. The molecular weight excluding hydrogens is 263 g/mol. The quantitative estimate of drug-likeness (QED) is 0.833. The second-order valence-electron chi connectivity index (χ2n) is 4.26. The lowest BCUT2D eigenvalue weighted by Gasteiger charge is -2.18. The summed E-state index contributed by atoms with van der Waals surface area (Å²) >= 11 is -0.144. The van der Waals surface area contributed by atoms with Crippen molar-refractivity contribution in [3.8, 4) is 0 Å². The van der Waals surface area contributed by atoms with Crippen molar-refractivity contribution in [1.82, 2.24) is 5.32 Å². The Balaban J connectivity index is 2.02. The van der Waals surface area contributed by atoms with E-state index in [0.29, 0.717) is 5.56 Å². The van der Waals surface area contributed by atoms with Crippen molar-refractivity contribution in [1.29, 1.82) is 0 Å². The van der Waals surface area contributed by atoms with Gasteiger partial charge < -0.3 is 10.4 Å². The van der Waals surface area contributed by atoms with E-state index in [2.05, 4.69) is 5.32 Å². The van der Waals surface area contributed by atoms with E-state index in [0.717, 1.165) is 19.4 Å². The molecule has 2 unspecified atom stereocenters. The topological polar surface area (TPSA) is 32.3 Å². The molecule has 1 aliphatic heterocycles. The Hall–Kier alpha value is -0.720. The third-order valence-electron chi connectivity index (χ3n) is 2.93. The Morgan fingerprint density at radius 3 is 2.44 bits per heavy atom. The van der Waals surface area contributed by atoms with Crippen LogP contribution in [0.4, 0.5) is 13.2 Å². The minimum atomic E-state index is -4.27. The molecule has 0 bridgehead atoms. The summed E-state index contributed by atoms with van der Waals surface area (Å²) in [6, 6.07) is 5.90. The number of aliphatic hydroxyl groups excluding tert-OH is 1. The fraction of sp³-hybridized carbons (Fsp3) is 0.500. The molecule has 18 heavy (non-hydrogen) atoms. The standard InChI is InChI=1S/C12H14F3NOS/c13-12(14,15)18-9-5-3-8(4-6-9)11(17)10-2-1-7-16-10/h3-6,10-11,16-17H,1-2,7H2. The number of nitrogens with one attached hydrogen (secondary N) is 1. The third-order valence-corrected chi connectivity index (χ3v) is 3.67. The Labute approximate surface area is 108 Å². The minimum Gasteiger partial charge on any atom is -0.387 e. The molecule has 100 valence electrons. The number of alkyl halides is 3. The van der Waals surface area contributed by atoms with E-state index >= 15 is 0 Å². The largest absolute Gasteiger partial charge is 0.446 e. The molecule has 1 saturated heterocycles. The molecule has 0 amide bonds. The number of benzene rings is 1. The van der Waals surface area contributed by atoms with E-state index in [1.54, 1.807) is 12.1 Å². The summed E-state index contributed by atoms with van der Waals surface area (Å²) in [6.45, 7) is 0.879. The third kappa shape index (κ3) is 3.63. The molecule has 2 rings (SSSR count). The first-order valence-corrected chi connectivity index (χ1v) is 6.54. The van der Waals surface area contributed by atoms with Gasteiger partial charge in [-0.15, -0.1) is 0 Å². The first-order chi connectivity index (χ1) is 8.46. The van der Waals surface area contributed by atoms with Crippen LogP contribution in [0.1, 0.15) is 24.5 Å². The maximum absolute atomic E-state index is 12.1. The zero-order chi connectivity index (χ0) is 13.2. The zero-order valence-corrected chi connectivity index (χ0v) is 10.4. The molecule has 0 aliphatic carbocycles. The predicted molar refractivity (Wildman–Crippen MR) is 64.3 cm³/mol. The van der Waals surface area contributed by atoms with E-state index in [1.165, 1.54) is 12.1 Å². The second-order valence-corrected chi connectivity index (χ2v) is 5.40. The van der Waals surface area contributed by atoms with Gasteiger partial charge in [-0.3, -0.25) is 0 Å². The smallest absolute Gasteiger partial charge is 0.387 e. The van der Waals surface area contributed by atoms with Crippen LogP contribution in [0, 0.1) is 0 Å². The van der Waals surface area contributed by atoms with Crippen molar-refractivity contribution >= 4 is 11.8 Å². The summed E-state index contributed by atoms with van der Waals surface area (Å²) in [5, 5.41) is 13.2. The lowest BCUT2D eigenvalue weighted by Crippen LogP contribution is -2.28. The van der Waals surface area contributed by atoms with Crippen LogP contribution < -0.4 is 5.32 Å². The maximum atomic E-state index is 12.1. The number of rotatable bonds is 3. The van der Waals surface area contributed by atoms with Gasteiger partial charge in [-0.25, -0.2) is 0 Å². The molecule has 0 radical (unpaired) electrons. The highest BCUT2D eigenvalue weighted by Gasteiger charge is 2.29. The molecule has 1 aromatic rings. The van der Waals surface area contributed by atoms with Crippen LogP contribution in [0.15, 0.2) is 29.2 Å². The van der Waals surface area contributed by atoms with Gasteiger partial charge in [-0.1, -0.05) is 12.1 Å². The van der Waals surface area contributed by atoms with Gasteiger partial charge in [0.1, 0.15) is 0 Å². The summed E-state index contributed by atoms with van der Waals surface area (Å²) in [5.74, 6) is 0. The van der Waals surface area contributed by atoms with Gasteiger partial charge in [-0.2, -0.15) is 13.2 Å². The van der Waals surface area contributed by atoms with E-state index < -0.39 is 11.6 Å². The lowest BCUT2D eigenvalue weighted by atomic mass is 10.0. The molecule has 0 spiro atoms. The van der Waals surface area contributed by atoms with Crippen LogP contribution in [0.2, 0.25) is 0 Å². The van der Waals surface area contributed by atoms with Crippen LogP contribution in [-0.4, -0.2) is 23.2 Å². The van der Waals surface area contributed by atoms with Crippen molar-refractivity contribution in [3.05, 3.63) is 29.8 Å². The summed E-state index contributed by atoms with van der Waals surface area (Å²) in [6.07, 6.45) is 1.25. The Morgan fingerprint density at radius 1 is 1.28 bits per heavy atom. The maximum Gasteiger partial charge on any atom is 0.446 e. The summed E-state index contributed by atoms with van der Waals surface area (Å²) in [4.78, 5) is 0.137. The summed E-state index contributed by atoms with van der Waals surface area (Å²) < 4.78 is 36.4. The Kier molecular flexibility index (Phi) is 4.19. The number of halogens is 3. The number of hydrogen-bond donors (Lipinski definition) is 2. The first-order valence-electron chi connectivity index (χ1n) is 5.73. The van der Waals surface area contributed by atoms with Crippen molar-refractivity contribution in [2.45, 2.75) is 35.4 Å². The fourth-order valence-corrected chi connectivity index (χ4v) is 2.62. The van der Waals surface area contributed by atoms with Gasteiger partial charge in [0.15, 0.2) is 0 Å². The molecule has 6 heteroatoms. The van der Waals surface area contributed by atoms with Crippen LogP contribution in [0.5, 0.6) is 0 Å². The lowest BCUT2D eigenvalue weighted by molar-refractivity contribution is -0.0328. The number of hydrogen-bond acceptors (Lipinski definition) is 3. The Morgan fingerprint density at radius 2 is 1.94 bits per heavy atom. The highest BCUT2D eigenvalue weighted by molar-refractivity contribution is 8.00. The molecule has 2 nitrogen and oxygen atoms in total. The Bertz CT molecular complexity index is 387. The molecule has 0 saturated carbocycles. The predicted octanol–water partition coefficient (Wildman–Crippen LogP) is 3.08. The van der Waals surface area contributed by atoms with Crippen LogP contribution in [-0.2, 0) is 0 Å². The average Bonchev–Trinajstić information content (AvgIpc) is 2.80. The van der Waals surface area contributed by atoms with E-state index in [4.69, 9.17) is 0 Å². The van der Waals surface area contributed by atoms with Gasteiger partial charge in [0, 0.05) is 10.9 Å². The van der Waals surface area contributed by atoms with Crippen LogP contribution >= 0.6 is 11.8 Å². The second kappa shape index (κ2) is 5.50. The molecule has 1 aromatic carbocycles. The van der Waals surface area contributed by atoms with Crippen molar-refractivity contribution < 1.29 is 18.3 Å². The number of aliphatic hydroxyl groups is 1.